The summed E-state index contributed by atoms with van der Waals surface area (Å²) in [5.74, 6) is 2.19. The second kappa shape index (κ2) is 6.87. The van der Waals surface area contributed by atoms with Crippen molar-refractivity contribution < 1.29 is 9.53 Å². The van der Waals surface area contributed by atoms with Gasteiger partial charge < -0.3 is 9.64 Å². The van der Waals surface area contributed by atoms with Crippen LogP contribution in [0, 0.1) is 13.8 Å². The average Bonchev–Trinajstić information content (AvgIpc) is 3.19. The van der Waals surface area contributed by atoms with Gasteiger partial charge in [-0.1, -0.05) is 13.8 Å². The van der Waals surface area contributed by atoms with E-state index < -0.39 is 0 Å². The highest BCUT2D eigenvalue weighted by molar-refractivity contribution is 5.95. The van der Waals surface area contributed by atoms with Gasteiger partial charge in [0.05, 0.1) is 23.4 Å². The molecule has 25 heavy (non-hydrogen) atoms. The number of nitrogens with one attached hydrogen (secondary N) is 1. The molecule has 1 saturated heterocycles. The third-order valence-corrected chi connectivity index (χ3v) is 4.51. The Morgan fingerprint density at radius 1 is 1.36 bits per heavy atom. The number of carbonyl (C=O) groups is 1. The van der Waals surface area contributed by atoms with Gasteiger partial charge in [0.25, 0.3) is 5.91 Å². The molecule has 0 bridgehead atoms. The maximum atomic E-state index is 13.1. The second-order valence-corrected chi connectivity index (χ2v) is 6.73. The van der Waals surface area contributed by atoms with Crippen molar-refractivity contribution in [2.75, 3.05) is 13.7 Å². The predicted octanol–water partition coefficient (Wildman–Crippen LogP) is 1.94. The molecule has 0 saturated carbocycles. The van der Waals surface area contributed by atoms with E-state index in [4.69, 9.17) is 4.74 Å². The van der Waals surface area contributed by atoms with Crippen LogP contribution in [-0.4, -0.2) is 55.7 Å². The predicted molar refractivity (Wildman–Crippen MR) is 91.2 cm³/mol. The van der Waals surface area contributed by atoms with E-state index in [1.165, 1.54) is 0 Å². The molecule has 1 N–H and O–H groups in total. The van der Waals surface area contributed by atoms with Gasteiger partial charge in [-0.2, -0.15) is 5.10 Å². The lowest BCUT2D eigenvalue weighted by atomic mass is 10.1. The summed E-state index contributed by atoms with van der Waals surface area (Å²) in [6.07, 6.45) is 2.26. The highest BCUT2D eigenvalue weighted by Gasteiger charge is 2.39. The van der Waals surface area contributed by atoms with E-state index in [-0.39, 0.29) is 24.0 Å². The molecular weight excluding hydrogens is 320 g/mol. The molecule has 0 aliphatic carbocycles. The van der Waals surface area contributed by atoms with Crippen molar-refractivity contribution >= 4 is 5.91 Å². The first-order valence-corrected chi connectivity index (χ1v) is 8.47. The molecule has 134 valence electrons. The molecule has 0 spiro atoms. The Labute approximate surface area is 147 Å². The molecule has 1 aliphatic rings. The molecular formula is C17H24N6O2. The number of rotatable bonds is 4. The minimum atomic E-state index is -0.216. The van der Waals surface area contributed by atoms with Gasteiger partial charge in [0, 0.05) is 32.2 Å². The molecule has 1 aliphatic heterocycles. The molecule has 1 fully saturated rings. The second-order valence-electron chi connectivity index (χ2n) is 6.73. The van der Waals surface area contributed by atoms with E-state index >= 15 is 0 Å². The van der Waals surface area contributed by atoms with Gasteiger partial charge in [-0.05, 0) is 13.8 Å². The Morgan fingerprint density at radius 2 is 2.12 bits per heavy atom. The van der Waals surface area contributed by atoms with Gasteiger partial charge in [0.2, 0.25) is 0 Å². The molecule has 1 amide bonds. The first kappa shape index (κ1) is 17.5. The zero-order chi connectivity index (χ0) is 18.1. The lowest BCUT2D eigenvalue weighted by Crippen LogP contribution is -2.33. The molecule has 8 heteroatoms. The summed E-state index contributed by atoms with van der Waals surface area (Å²) < 4.78 is 5.48. The number of nitrogens with zero attached hydrogens (tertiary/aromatic N) is 5. The van der Waals surface area contributed by atoms with Crippen molar-refractivity contribution in [1.82, 2.24) is 30.0 Å². The monoisotopic (exact) mass is 344 g/mol. The van der Waals surface area contributed by atoms with E-state index in [9.17, 15) is 4.79 Å². The quantitative estimate of drug-likeness (QED) is 0.910. The van der Waals surface area contributed by atoms with Gasteiger partial charge in [0.15, 0.2) is 5.82 Å². The van der Waals surface area contributed by atoms with Crippen LogP contribution in [0.2, 0.25) is 0 Å². The van der Waals surface area contributed by atoms with Gasteiger partial charge in [0.1, 0.15) is 11.6 Å². The SMILES string of the molecule is CO[C@@H]1C[C@@H](c2n[nH]c(C)n2)N(C(=O)c2cnc(C(C)C)nc2C)C1. The number of hydrogen-bond acceptors (Lipinski definition) is 6. The summed E-state index contributed by atoms with van der Waals surface area (Å²) in [5.41, 5.74) is 1.20. The van der Waals surface area contributed by atoms with Crippen LogP contribution in [0.25, 0.3) is 0 Å². The van der Waals surface area contributed by atoms with Crippen molar-refractivity contribution in [3.8, 4) is 0 Å². The Bertz CT molecular complexity index is 772. The number of aromatic amines is 1. The highest BCUT2D eigenvalue weighted by atomic mass is 16.5. The minimum Gasteiger partial charge on any atom is -0.380 e. The summed E-state index contributed by atoms with van der Waals surface area (Å²) >= 11 is 0. The number of H-pyrrole nitrogens is 1. The van der Waals surface area contributed by atoms with Crippen molar-refractivity contribution in [3.05, 3.63) is 34.9 Å². The maximum Gasteiger partial charge on any atom is 0.257 e. The minimum absolute atomic E-state index is 0.0380. The molecule has 8 nitrogen and oxygen atoms in total. The molecule has 2 atom stereocenters. The highest BCUT2D eigenvalue weighted by Crippen LogP contribution is 2.33. The number of hydrogen-bond donors (Lipinski definition) is 1. The van der Waals surface area contributed by atoms with Crippen LogP contribution in [0.1, 0.15) is 65.8 Å². The molecule has 0 radical (unpaired) electrons. The van der Waals surface area contributed by atoms with E-state index in [0.717, 1.165) is 11.6 Å². The van der Waals surface area contributed by atoms with Crippen molar-refractivity contribution in [2.45, 2.75) is 52.2 Å². The lowest BCUT2D eigenvalue weighted by Gasteiger charge is -2.23. The number of likely N-dealkylation sites (tertiary alicyclic amines) is 1. The normalized spacial score (nSPS) is 20.5. The van der Waals surface area contributed by atoms with E-state index in [1.54, 1.807) is 18.2 Å². The fraction of sp³-hybridized carbons (Fsp3) is 0.588. The Balaban J connectivity index is 1.91. The van der Waals surface area contributed by atoms with Crippen LogP contribution in [0.3, 0.4) is 0 Å². The van der Waals surface area contributed by atoms with Crippen molar-refractivity contribution in [3.63, 3.8) is 0 Å². The topological polar surface area (TPSA) is 96.9 Å². The van der Waals surface area contributed by atoms with Crippen LogP contribution in [0.15, 0.2) is 6.20 Å². The van der Waals surface area contributed by atoms with Crippen LogP contribution in [-0.2, 0) is 4.74 Å². The summed E-state index contributed by atoms with van der Waals surface area (Å²) in [4.78, 5) is 28.1. The van der Waals surface area contributed by atoms with Gasteiger partial charge in [-0.3, -0.25) is 9.89 Å². The standard InChI is InChI=1S/C17H24N6O2/c1-9(2)15-18-7-13(10(3)19-15)17(24)23-8-12(25-5)6-14(23)16-20-11(4)21-22-16/h7,9,12,14H,6,8H2,1-5H3,(H,20,21,22)/t12-,14+/m1/s1. The number of methoxy groups -OCH3 is 1. The lowest BCUT2D eigenvalue weighted by molar-refractivity contribution is 0.0682. The number of aromatic nitrogens is 5. The number of ether oxygens (including phenoxy) is 1. The van der Waals surface area contributed by atoms with Gasteiger partial charge in [-0.15, -0.1) is 0 Å². The number of amides is 1. The van der Waals surface area contributed by atoms with Gasteiger partial charge >= 0.3 is 0 Å². The fourth-order valence-electron chi connectivity index (χ4n) is 3.07. The summed E-state index contributed by atoms with van der Waals surface area (Å²) in [6.45, 7) is 8.24. The number of carbonyl (C=O) groups excluding carboxylic acids is 1. The average molecular weight is 344 g/mol. The number of aryl methyl sites for hydroxylation is 2. The third kappa shape index (κ3) is 3.39. The van der Waals surface area contributed by atoms with Crippen LogP contribution in [0.5, 0.6) is 0 Å². The van der Waals surface area contributed by atoms with Crippen molar-refractivity contribution in [2.24, 2.45) is 0 Å². The van der Waals surface area contributed by atoms with Crippen LogP contribution < -0.4 is 0 Å². The van der Waals surface area contributed by atoms with E-state index in [0.29, 0.717) is 30.0 Å². The molecule has 3 rings (SSSR count). The first-order valence-electron chi connectivity index (χ1n) is 8.47. The molecule has 3 heterocycles. The fourth-order valence-corrected chi connectivity index (χ4v) is 3.07. The summed E-state index contributed by atoms with van der Waals surface area (Å²) in [5, 5.41) is 7.08. The molecule has 2 aromatic rings. The Hall–Kier alpha value is -2.35. The van der Waals surface area contributed by atoms with Gasteiger partial charge in [-0.25, -0.2) is 15.0 Å². The largest absolute Gasteiger partial charge is 0.380 e. The summed E-state index contributed by atoms with van der Waals surface area (Å²) in [7, 11) is 1.66. The van der Waals surface area contributed by atoms with Crippen LogP contribution >= 0.6 is 0 Å². The molecule has 2 aromatic heterocycles. The zero-order valence-electron chi connectivity index (χ0n) is 15.3. The molecule has 0 unspecified atom stereocenters. The molecule has 0 aromatic carbocycles. The maximum absolute atomic E-state index is 13.1. The Kier molecular flexibility index (Phi) is 4.80. The van der Waals surface area contributed by atoms with E-state index in [1.807, 2.05) is 27.7 Å². The smallest absolute Gasteiger partial charge is 0.257 e. The van der Waals surface area contributed by atoms with Crippen molar-refractivity contribution in [1.29, 1.82) is 0 Å². The van der Waals surface area contributed by atoms with Crippen LogP contribution in [0.4, 0.5) is 0 Å². The summed E-state index contributed by atoms with van der Waals surface area (Å²) in [6, 6.07) is -0.216. The zero-order valence-corrected chi connectivity index (χ0v) is 15.3. The first-order chi connectivity index (χ1) is 11.9. The Morgan fingerprint density at radius 3 is 2.68 bits per heavy atom. The van der Waals surface area contributed by atoms with E-state index in [2.05, 4.69) is 25.1 Å². The third-order valence-electron chi connectivity index (χ3n) is 4.51.